The fourth-order valence-corrected chi connectivity index (χ4v) is 10.2. The van der Waals surface area contributed by atoms with Crippen LogP contribution in [0, 0.1) is 0 Å². The number of rotatable bonds is 5. The number of anilines is 3. The van der Waals surface area contributed by atoms with E-state index in [-0.39, 0.29) is 0 Å². The summed E-state index contributed by atoms with van der Waals surface area (Å²) in [6.07, 6.45) is 0. The fourth-order valence-electron chi connectivity index (χ4n) is 7.93. The van der Waals surface area contributed by atoms with Gasteiger partial charge in [0.15, 0.2) is 5.58 Å². The molecule has 11 rings (SSSR count). The summed E-state index contributed by atoms with van der Waals surface area (Å²) in [5.74, 6) is 0. The molecule has 0 amide bonds. The summed E-state index contributed by atoms with van der Waals surface area (Å²) in [6, 6.07) is 63.6. The molecule has 0 unspecified atom stereocenters. The molecule has 0 saturated carbocycles. The molecule has 0 aliphatic heterocycles. The lowest BCUT2D eigenvalue weighted by atomic mass is 9.98. The average molecular weight is 700 g/mol. The molecule has 0 aliphatic carbocycles. The minimum absolute atomic E-state index is 0.874. The first-order chi connectivity index (χ1) is 25.8. The van der Waals surface area contributed by atoms with Gasteiger partial charge in [0, 0.05) is 62.4 Å². The third kappa shape index (κ3) is 4.55. The average Bonchev–Trinajstić information content (AvgIpc) is 3.90. The quantitative estimate of drug-likeness (QED) is 0.178. The van der Waals surface area contributed by atoms with Gasteiger partial charge < -0.3 is 9.32 Å². The van der Waals surface area contributed by atoms with Crippen LogP contribution in [-0.4, -0.2) is 0 Å². The lowest BCUT2D eigenvalue weighted by molar-refractivity contribution is 0.669. The van der Waals surface area contributed by atoms with E-state index in [4.69, 9.17) is 4.42 Å². The highest BCUT2D eigenvalue weighted by Crippen LogP contribution is 2.48. The molecule has 3 aromatic heterocycles. The van der Waals surface area contributed by atoms with Gasteiger partial charge in [-0.05, 0) is 71.3 Å². The van der Waals surface area contributed by atoms with Crippen molar-refractivity contribution in [3.05, 3.63) is 176 Å². The standard InChI is InChI=1S/C48H29NOS2/c1-2-12-30(13-3-1)33-14-4-7-19-40(33)49(41-20-10-18-38-35-15-5-8-21-42(35)50-48(38)41)32-25-27-44-39(29-32)47-34(17-11-23-45(47)51-44)31-24-26-37-36-16-6-9-22-43(36)52-46(37)28-31/h1-29H. The van der Waals surface area contributed by atoms with Gasteiger partial charge in [0.2, 0.25) is 0 Å². The Balaban J connectivity index is 1.17. The van der Waals surface area contributed by atoms with Crippen molar-refractivity contribution in [2.45, 2.75) is 0 Å². The molecule has 0 atom stereocenters. The summed E-state index contributed by atoms with van der Waals surface area (Å²) in [6.45, 7) is 0. The summed E-state index contributed by atoms with van der Waals surface area (Å²) >= 11 is 3.73. The summed E-state index contributed by atoms with van der Waals surface area (Å²) in [4.78, 5) is 2.39. The molecule has 0 saturated heterocycles. The molecule has 2 nitrogen and oxygen atoms in total. The number of furan rings is 1. The van der Waals surface area contributed by atoms with Crippen molar-refractivity contribution < 1.29 is 4.42 Å². The zero-order valence-corrected chi connectivity index (χ0v) is 29.5. The molecule has 0 bridgehead atoms. The second-order valence-corrected chi connectivity index (χ2v) is 15.4. The van der Waals surface area contributed by atoms with Crippen LogP contribution < -0.4 is 4.90 Å². The normalized spacial score (nSPS) is 11.8. The third-order valence-corrected chi connectivity index (χ3v) is 12.6. The van der Waals surface area contributed by atoms with Crippen LogP contribution in [0.25, 0.3) is 84.5 Å². The third-order valence-electron chi connectivity index (χ3n) is 10.3. The van der Waals surface area contributed by atoms with Crippen LogP contribution in [0.2, 0.25) is 0 Å². The SMILES string of the molecule is c1ccc(-c2ccccc2N(c2ccc3sc4cccc(-c5ccc6c(c5)sc5ccccc56)c4c3c2)c2cccc3c2oc2ccccc23)cc1. The molecule has 0 fully saturated rings. The maximum absolute atomic E-state index is 6.69. The molecule has 8 aromatic carbocycles. The van der Waals surface area contributed by atoms with Crippen LogP contribution in [-0.2, 0) is 0 Å². The van der Waals surface area contributed by atoms with E-state index in [1.807, 2.05) is 28.7 Å². The molecule has 0 aliphatic rings. The van der Waals surface area contributed by atoms with E-state index in [1.54, 1.807) is 0 Å². The van der Waals surface area contributed by atoms with Crippen LogP contribution in [0.15, 0.2) is 180 Å². The minimum atomic E-state index is 0.874. The first-order valence-electron chi connectivity index (χ1n) is 17.5. The molecule has 0 radical (unpaired) electrons. The maximum atomic E-state index is 6.69. The zero-order chi connectivity index (χ0) is 34.2. The largest absolute Gasteiger partial charge is 0.454 e. The second-order valence-electron chi connectivity index (χ2n) is 13.2. The number of benzene rings is 8. The van der Waals surface area contributed by atoms with Gasteiger partial charge in [-0.2, -0.15) is 0 Å². The van der Waals surface area contributed by atoms with Crippen molar-refractivity contribution in [3.8, 4) is 22.3 Å². The predicted molar refractivity (Wildman–Crippen MR) is 225 cm³/mol. The van der Waals surface area contributed by atoms with Crippen LogP contribution >= 0.6 is 22.7 Å². The van der Waals surface area contributed by atoms with Crippen LogP contribution in [0.5, 0.6) is 0 Å². The molecule has 0 spiro atoms. The monoisotopic (exact) mass is 699 g/mol. The van der Waals surface area contributed by atoms with E-state index in [2.05, 4.69) is 175 Å². The Morgan fingerprint density at radius 2 is 1.06 bits per heavy atom. The molecule has 11 aromatic rings. The highest BCUT2D eigenvalue weighted by atomic mass is 32.1. The van der Waals surface area contributed by atoms with Crippen LogP contribution in [0.1, 0.15) is 0 Å². The van der Waals surface area contributed by atoms with Crippen molar-refractivity contribution in [1.82, 2.24) is 0 Å². The van der Waals surface area contributed by atoms with Gasteiger partial charge in [-0.15, -0.1) is 22.7 Å². The molecular formula is C48H29NOS2. The second kappa shape index (κ2) is 11.7. The van der Waals surface area contributed by atoms with Crippen molar-refractivity contribution in [2.75, 3.05) is 4.90 Å². The Hall–Kier alpha value is -6.20. The van der Waals surface area contributed by atoms with E-state index in [0.717, 1.165) is 44.6 Å². The molecule has 52 heavy (non-hydrogen) atoms. The van der Waals surface area contributed by atoms with E-state index in [9.17, 15) is 0 Å². The van der Waals surface area contributed by atoms with Gasteiger partial charge in [-0.25, -0.2) is 0 Å². The number of hydrogen-bond acceptors (Lipinski definition) is 4. The number of fused-ring (bicyclic) bond motifs is 9. The van der Waals surface area contributed by atoms with Gasteiger partial charge >= 0.3 is 0 Å². The van der Waals surface area contributed by atoms with Crippen molar-refractivity contribution in [1.29, 1.82) is 0 Å². The van der Waals surface area contributed by atoms with Gasteiger partial charge in [-0.1, -0.05) is 121 Å². The molecular weight excluding hydrogens is 671 g/mol. The Labute approximate surface area is 308 Å². The van der Waals surface area contributed by atoms with Gasteiger partial charge in [0.25, 0.3) is 0 Å². The summed E-state index contributed by atoms with van der Waals surface area (Å²) in [5, 5.41) is 7.42. The Morgan fingerprint density at radius 1 is 0.385 bits per heavy atom. The maximum Gasteiger partial charge on any atom is 0.159 e. The van der Waals surface area contributed by atoms with E-state index < -0.39 is 0 Å². The number of hydrogen-bond donors (Lipinski definition) is 0. The molecule has 4 heteroatoms. The van der Waals surface area contributed by atoms with E-state index in [0.29, 0.717) is 0 Å². The van der Waals surface area contributed by atoms with Gasteiger partial charge in [-0.3, -0.25) is 0 Å². The van der Waals surface area contributed by atoms with E-state index in [1.165, 1.54) is 57.0 Å². The molecule has 244 valence electrons. The van der Waals surface area contributed by atoms with Crippen LogP contribution in [0.3, 0.4) is 0 Å². The summed E-state index contributed by atoms with van der Waals surface area (Å²) in [5.41, 5.74) is 9.77. The van der Waals surface area contributed by atoms with Crippen molar-refractivity contribution in [2.24, 2.45) is 0 Å². The van der Waals surface area contributed by atoms with Crippen molar-refractivity contribution in [3.63, 3.8) is 0 Å². The smallest absolute Gasteiger partial charge is 0.159 e. The highest BCUT2D eigenvalue weighted by Gasteiger charge is 2.23. The number of para-hydroxylation sites is 3. The minimum Gasteiger partial charge on any atom is -0.454 e. The highest BCUT2D eigenvalue weighted by molar-refractivity contribution is 7.26. The number of thiophene rings is 2. The fraction of sp³-hybridized carbons (Fsp3) is 0. The predicted octanol–water partition coefficient (Wildman–Crippen LogP) is 15.1. The van der Waals surface area contributed by atoms with Gasteiger partial charge in [0.05, 0.1) is 11.4 Å². The summed E-state index contributed by atoms with van der Waals surface area (Å²) in [7, 11) is 0. The Kier molecular flexibility index (Phi) is 6.63. The summed E-state index contributed by atoms with van der Waals surface area (Å²) < 4.78 is 11.9. The Bertz CT molecular complexity index is 3150. The molecule has 0 N–H and O–H groups in total. The first-order valence-corrected chi connectivity index (χ1v) is 19.1. The topological polar surface area (TPSA) is 16.4 Å². The first kappa shape index (κ1) is 29.5. The zero-order valence-electron chi connectivity index (χ0n) is 27.9. The Morgan fingerprint density at radius 3 is 2.00 bits per heavy atom. The van der Waals surface area contributed by atoms with Crippen molar-refractivity contribution >= 4 is 102 Å². The van der Waals surface area contributed by atoms with Gasteiger partial charge in [0.1, 0.15) is 5.58 Å². The molecule has 3 heterocycles. The van der Waals surface area contributed by atoms with Crippen LogP contribution in [0.4, 0.5) is 17.1 Å². The lowest BCUT2D eigenvalue weighted by Crippen LogP contribution is -2.11. The lowest BCUT2D eigenvalue weighted by Gasteiger charge is -2.28. The van der Waals surface area contributed by atoms with E-state index >= 15 is 0 Å². The number of nitrogens with zero attached hydrogens (tertiary/aromatic N) is 1.